The number of amides is 2. The fraction of sp³-hybridized carbons (Fsp3) is 0.357. The third-order valence-corrected chi connectivity index (χ3v) is 8.39. The molecule has 0 radical (unpaired) electrons. The van der Waals surface area contributed by atoms with Crippen LogP contribution in [0.4, 0.5) is 10.5 Å². The SMILES string of the molecule is CN(C)[C@H]1C(=O)C(C(N)=O)C(=O)[C@@]2(O)C(=O)C3C(=O)c4c(O)ccc(-c5ccc(NC(=O)O)cc5)c4C[C@H]3C[C@@H]12. The molecule has 0 saturated heterocycles. The summed E-state index contributed by atoms with van der Waals surface area (Å²) in [5.74, 6) is -11.1. The number of phenols is 1. The molecule has 6 N–H and O–H groups in total. The van der Waals surface area contributed by atoms with Crippen LogP contribution in [0, 0.1) is 23.7 Å². The first kappa shape index (κ1) is 27.2. The van der Waals surface area contributed by atoms with Crippen LogP contribution in [0.3, 0.4) is 0 Å². The van der Waals surface area contributed by atoms with Crippen LogP contribution in [0.15, 0.2) is 36.4 Å². The molecule has 2 amide bonds. The monoisotopic (exact) mass is 549 g/mol. The predicted octanol–water partition coefficient (Wildman–Crippen LogP) is 0.624. The van der Waals surface area contributed by atoms with Gasteiger partial charge < -0.3 is 21.1 Å². The van der Waals surface area contributed by atoms with E-state index in [9.17, 15) is 39.0 Å². The van der Waals surface area contributed by atoms with Crippen molar-refractivity contribution < 1.29 is 44.1 Å². The van der Waals surface area contributed by atoms with Crippen LogP contribution in [0.5, 0.6) is 5.75 Å². The number of fused-ring (bicyclic) bond motifs is 3. The van der Waals surface area contributed by atoms with E-state index in [1.165, 1.54) is 37.2 Å². The second-order valence-corrected chi connectivity index (χ2v) is 10.8. The maximum Gasteiger partial charge on any atom is 0.409 e. The number of nitrogens with zero attached hydrogens (tertiary/aromatic N) is 1. The van der Waals surface area contributed by atoms with Crippen molar-refractivity contribution in [3.63, 3.8) is 0 Å². The predicted molar refractivity (Wildman–Crippen MR) is 138 cm³/mol. The second kappa shape index (κ2) is 9.35. The lowest BCUT2D eigenvalue weighted by atomic mass is 9.52. The van der Waals surface area contributed by atoms with E-state index in [2.05, 4.69) is 5.32 Å². The van der Waals surface area contributed by atoms with Crippen LogP contribution in [0.1, 0.15) is 22.3 Å². The maximum absolute atomic E-state index is 13.9. The summed E-state index contributed by atoms with van der Waals surface area (Å²) in [6.45, 7) is 0. The smallest absolute Gasteiger partial charge is 0.409 e. The number of nitrogens with one attached hydrogen (secondary N) is 1. The summed E-state index contributed by atoms with van der Waals surface area (Å²) in [6.07, 6.45) is -1.17. The first-order valence-electron chi connectivity index (χ1n) is 12.6. The zero-order chi connectivity index (χ0) is 29.3. The lowest BCUT2D eigenvalue weighted by molar-refractivity contribution is -0.181. The minimum Gasteiger partial charge on any atom is -0.507 e. The average molecular weight is 550 g/mol. The van der Waals surface area contributed by atoms with Crippen LogP contribution in [0.2, 0.25) is 0 Å². The van der Waals surface area contributed by atoms with Crippen LogP contribution in [-0.2, 0) is 25.6 Å². The average Bonchev–Trinajstić information content (AvgIpc) is 2.86. The van der Waals surface area contributed by atoms with Gasteiger partial charge in [-0.1, -0.05) is 18.2 Å². The number of primary amides is 1. The molecular weight excluding hydrogens is 522 g/mol. The molecule has 3 aliphatic rings. The molecule has 2 unspecified atom stereocenters. The number of carbonyl (C=O) groups is 6. The van der Waals surface area contributed by atoms with Gasteiger partial charge in [0.05, 0.1) is 17.5 Å². The van der Waals surface area contributed by atoms with Crippen LogP contribution >= 0.6 is 0 Å². The number of phenolic OH excluding ortho intramolecular Hbond substituents is 1. The maximum atomic E-state index is 13.9. The van der Waals surface area contributed by atoms with Crippen LogP contribution < -0.4 is 11.1 Å². The number of aliphatic hydroxyl groups is 1. The van der Waals surface area contributed by atoms with E-state index in [1.54, 1.807) is 18.2 Å². The van der Waals surface area contributed by atoms with Gasteiger partial charge in [-0.05, 0) is 67.7 Å². The van der Waals surface area contributed by atoms with Gasteiger partial charge in [0.2, 0.25) is 5.91 Å². The van der Waals surface area contributed by atoms with Gasteiger partial charge >= 0.3 is 6.09 Å². The number of rotatable bonds is 4. The van der Waals surface area contributed by atoms with E-state index in [1.807, 2.05) is 0 Å². The summed E-state index contributed by atoms with van der Waals surface area (Å²) in [4.78, 5) is 78.6. The third-order valence-electron chi connectivity index (χ3n) is 8.39. The van der Waals surface area contributed by atoms with E-state index >= 15 is 0 Å². The fourth-order valence-corrected chi connectivity index (χ4v) is 6.73. The zero-order valence-corrected chi connectivity index (χ0v) is 21.6. The molecule has 3 aliphatic carbocycles. The second-order valence-electron chi connectivity index (χ2n) is 10.8. The molecule has 0 spiro atoms. The Kier molecular flexibility index (Phi) is 6.35. The van der Waals surface area contributed by atoms with Gasteiger partial charge in [0.15, 0.2) is 34.7 Å². The summed E-state index contributed by atoms with van der Waals surface area (Å²) in [6, 6.07) is 8.09. The number of Topliss-reactive ketones (excluding diaryl/α,β-unsaturated/α-hetero) is 4. The van der Waals surface area contributed by atoms with E-state index < -0.39 is 70.4 Å². The highest BCUT2D eigenvalue weighted by Crippen LogP contribution is 2.51. The third kappa shape index (κ3) is 3.82. The first-order chi connectivity index (χ1) is 18.8. The van der Waals surface area contributed by atoms with E-state index in [-0.39, 0.29) is 24.2 Å². The van der Waals surface area contributed by atoms with Crippen LogP contribution in [0.25, 0.3) is 11.1 Å². The number of anilines is 1. The standard InChI is InChI=1S/C28H27N3O9/c1-31(2)21-16-10-12-9-15-14(11-3-5-13(6-4-11)30-27(38)39)7-8-17(32)19(15)22(33)18(12)24(35)28(16,40)25(36)20(23(21)34)26(29)37/h3-8,12,16,18,20-21,30,32,40H,9-10H2,1-2H3,(H2,29,37)(H,38,39)/t12-,16-,18?,20?,21+,28-/m0/s1. The summed E-state index contributed by atoms with van der Waals surface area (Å²) in [5, 5.41) is 33.5. The van der Waals surface area contributed by atoms with Gasteiger partial charge in [0, 0.05) is 11.6 Å². The topological polar surface area (TPSA) is 204 Å². The molecular formula is C28H27N3O9. The number of nitrogens with two attached hydrogens (primary N) is 1. The number of hydrogen-bond acceptors (Lipinski definition) is 9. The molecule has 2 aromatic rings. The molecule has 0 aliphatic heterocycles. The molecule has 0 heterocycles. The molecule has 6 atom stereocenters. The number of likely N-dealkylation sites (N-methyl/N-ethyl adjacent to an activating group) is 1. The molecule has 2 aromatic carbocycles. The molecule has 0 bridgehead atoms. The Morgan fingerprint density at radius 2 is 1.68 bits per heavy atom. The van der Waals surface area contributed by atoms with E-state index in [0.717, 1.165) is 0 Å². The van der Waals surface area contributed by atoms with Gasteiger partial charge in [-0.3, -0.25) is 34.2 Å². The van der Waals surface area contributed by atoms with Gasteiger partial charge in [-0.2, -0.15) is 0 Å². The number of benzene rings is 2. The van der Waals surface area contributed by atoms with Crippen molar-refractivity contribution in [3.8, 4) is 16.9 Å². The van der Waals surface area contributed by atoms with Gasteiger partial charge in [0.25, 0.3) is 0 Å². The minimum atomic E-state index is -2.78. The molecule has 0 aromatic heterocycles. The van der Waals surface area contributed by atoms with Crippen molar-refractivity contribution in [2.45, 2.75) is 24.5 Å². The normalized spacial score (nSPS) is 29.4. The largest absolute Gasteiger partial charge is 0.507 e. The Hall–Kier alpha value is -4.42. The van der Waals surface area contributed by atoms with Crippen molar-refractivity contribution in [1.29, 1.82) is 0 Å². The molecule has 12 nitrogen and oxygen atoms in total. The molecule has 40 heavy (non-hydrogen) atoms. The Labute approximate surface area is 227 Å². The number of ketones is 4. The molecule has 2 saturated carbocycles. The van der Waals surface area contributed by atoms with Crippen LogP contribution in [-0.4, -0.2) is 81.1 Å². The zero-order valence-electron chi connectivity index (χ0n) is 21.6. The minimum absolute atomic E-state index is 0.0551. The molecule has 2 fully saturated rings. The Morgan fingerprint density at radius 1 is 1.02 bits per heavy atom. The first-order valence-corrected chi connectivity index (χ1v) is 12.6. The van der Waals surface area contributed by atoms with Crippen molar-refractivity contribution >= 4 is 40.8 Å². The quantitative estimate of drug-likeness (QED) is 0.336. The highest BCUT2D eigenvalue weighted by atomic mass is 16.4. The van der Waals surface area contributed by atoms with Gasteiger partial charge in [-0.25, -0.2) is 4.79 Å². The highest BCUT2D eigenvalue weighted by molar-refractivity contribution is 6.32. The number of hydrogen-bond donors (Lipinski definition) is 5. The summed E-state index contributed by atoms with van der Waals surface area (Å²) >= 11 is 0. The number of aromatic hydroxyl groups is 1. The van der Waals surface area contributed by atoms with Crippen molar-refractivity contribution in [1.82, 2.24) is 4.90 Å². The van der Waals surface area contributed by atoms with E-state index in [4.69, 9.17) is 10.8 Å². The summed E-state index contributed by atoms with van der Waals surface area (Å²) in [5.41, 5.74) is 4.41. The van der Waals surface area contributed by atoms with Crippen molar-refractivity contribution in [2.75, 3.05) is 19.4 Å². The summed E-state index contributed by atoms with van der Waals surface area (Å²) < 4.78 is 0. The number of carboxylic acid groups (broad SMARTS) is 1. The Balaban J connectivity index is 1.61. The highest BCUT2D eigenvalue weighted by Gasteiger charge is 2.69. The lowest BCUT2D eigenvalue weighted by Crippen LogP contribution is -2.74. The number of carbonyl (C=O) groups excluding carboxylic acids is 5. The van der Waals surface area contributed by atoms with E-state index in [0.29, 0.717) is 22.4 Å². The van der Waals surface area contributed by atoms with Gasteiger partial charge in [0.1, 0.15) is 5.75 Å². The summed E-state index contributed by atoms with van der Waals surface area (Å²) in [7, 11) is 3.04. The lowest BCUT2D eigenvalue weighted by Gasteiger charge is -2.52. The van der Waals surface area contributed by atoms with Crippen molar-refractivity contribution in [3.05, 3.63) is 47.5 Å². The van der Waals surface area contributed by atoms with Gasteiger partial charge in [-0.15, -0.1) is 0 Å². The molecule has 5 rings (SSSR count). The Morgan fingerprint density at radius 3 is 2.25 bits per heavy atom. The van der Waals surface area contributed by atoms with Crippen molar-refractivity contribution in [2.24, 2.45) is 29.4 Å². The fourth-order valence-electron chi connectivity index (χ4n) is 6.73. The molecule has 12 heteroatoms. The Bertz CT molecular complexity index is 1500. The molecule has 208 valence electrons.